The maximum Gasteiger partial charge on any atom is 0.254 e. The summed E-state index contributed by atoms with van der Waals surface area (Å²) >= 11 is 6.23. The van der Waals surface area contributed by atoms with E-state index in [1.54, 1.807) is 13.1 Å². The molecule has 0 saturated carbocycles. The summed E-state index contributed by atoms with van der Waals surface area (Å²) in [6, 6.07) is 8.87. The summed E-state index contributed by atoms with van der Waals surface area (Å²) < 4.78 is 10.7. The quantitative estimate of drug-likeness (QED) is 0.755. The minimum atomic E-state index is -0.348. The number of halogens is 1. The van der Waals surface area contributed by atoms with Crippen LogP contribution in [0, 0.1) is 13.8 Å². The third kappa shape index (κ3) is 5.16. The average molecular weight is 405 g/mol. The van der Waals surface area contributed by atoms with Crippen molar-refractivity contribution in [2.45, 2.75) is 20.8 Å². The molecule has 2 aromatic rings. The predicted octanol–water partition coefficient (Wildman–Crippen LogP) is 4.07. The summed E-state index contributed by atoms with van der Waals surface area (Å²) in [5, 5.41) is 3.12. The minimum absolute atomic E-state index is 0.0979. The lowest BCUT2D eigenvalue weighted by atomic mass is 10.1. The summed E-state index contributed by atoms with van der Waals surface area (Å²) in [6.07, 6.45) is 0. The van der Waals surface area contributed by atoms with Gasteiger partial charge in [0.2, 0.25) is 5.91 Å². The monoisotopic (exact) mass is 404 g/mol. The van der Waals surface area contributed by atoms with Gasteiger partial charge in [0.25, 0.3) is 5.91 Å². The van der Waals surface area contributed by atoms with Crippen molar-refractivity contribution in [3.8, 4) is 11.5 Å². The van der Waals surface area contributed by atoms with E-state index in [2.05, 4.69) is 5.32 Å². The minimum Gasteiger partial charge on any atom is -0.493 e. The van der Waals surface area contributed by atoms with Crippen molar-refractivity contribution in [2.75, 3.05) is 32.6 Å². The second kappa shape index (κ2) is 9.46. The lowest BCUT2D eigenvalue weighted by Gasteiger charge is -2.19. The Hall–Kier alpha value is -2.73. The van der Waals surface area contributed by atoms with Crippen molar-refractivity contribution in [1.29, 1.82) is 0 Å². The normalized spacial score (nSPS) is 10.4. The Morgan fingerprint density at radius 3 is 2.54 bits per heavy atom. The SMILES string of the molecule is CCOc1c(Cl)cc(C(=O)N(C)CC(=O)Nc2cc(C)ccc2C)cc1OC. The number of hydrogen-bond acceptors (Lipinski definition) is 4. The molecule has 0 fully saturated rings. The molecule has 0 spiro atoms. The zero-order valence-electron chi connectivity index (χ0n) is 16.8. The zero-order valence-corrected chi connectivity index (χ0v) is 17.5. The van der Waals surface area contributed by atoms with E-state index in [1.807, 2.05) is 39.0 Å². The number of aryl methyl sites for hydroxylation is 2. The smallest absolute Gasteiger partial charge is 0.254 e. The molecule has 2 rings (SSSR count). The number of methoxy groups -OCH3 is 1. The van der Waals surface area contributed by atoms with Crippen LogP contribution in [0.1, 0.15) is 28.4 Å². The van der Waals surface area contributed by atoms with Gasteiger partial charge in [-0.2, -0.15) is 0 Å². The highest BCUT2D eigenvalue weighted by Crippen LogP contribution is 2.36. The lowest BCUT2D eigenvalue weighted by molar-refractivity contribution is -0.116. The standard InChI is InChI=1S/C21H25ClN2O4/c1-6-28-20-16(22)10-15(11-18(20)27-5)21(26)24(4)12-19(25)23-17-9-13(2)7-8-14(17)3/h7-11H,6,12H2,1-5H3,(H,23,25). The number of benzene rings is 2. The molecule has 0 heterocycles. The first-order valence-electron chi connectivity index (χ1n) is 8.89. The van der Waals surface area contributed by atoms with Crippen molar-refractivity contribution in [3.05, 3.63) is 52.0 Å². The fourth-order valence-corrected chi connectivity index (χ4v) is 2.96. The molecular weight excluding hydrogens is 380 g/mol. The number of anilines is 1. The molecule has 0 atom stereocenters. The molecule has 2 amide bonds. The van der Waals surface area contributed by atoms with Gasteiger partial charge in [-0.25, -0.2) is 0 Å². The number of ether oxygens (including phenoxy) is 2. The zero-order chi connectivity index (χ0) is 20.8. The van der Waals surface area contributed by atoms with Crippen LogP contribution in [0.4, 0.5) is 5.69 Å². The number of carbonyl (C=O) groups excluding carboxylic acids is 2. The first kappa shape index (κ1) is 21.6. The number of amides is 2. The predicted molar refractivity (Wildman–Crippen MR) is 111 cm³/mol. The Kier molecular flexibility index (Phi) is 7.29. The van der Waals surface area contributed by atoms with Gasteiger partial charge in [-0.15, -0.1) is 0 Å². The lowest BCUT2D eigenvalue weighted by Crippen LogP contribution is -2.35. The van der Waals surface area contributed by atoms with E-state index in [9.17, 15) is 9.59 Å². The molecule has 0 aliphatic carbocycles. The van der Waals surface area contributed by atoms with Crippen LogP contribution in [0.25, 0.3) is 0 Å². The first-order chi connectivity index (χ1) is 13.3. The van der Waals surface area contributed by atoms with E-state index < -0.39 is 0 Å². The molecule has 7 heteroatoms. The molecule has 28 heavy (non-hydrogen) atoms. The van der Waals surface area contributed by atoms with Gasteiger partial charge in [-0.3, -0.25) is 9.59 Å². The van der Waals surface area contributed by atoms with E-state index in [0.717, 1.165) is 16.8 Å². The molecule has 150 valence electrons. The molecule has 0 aromatic heterocycles. The van der Waals surface area contributed by atoms with Gasteiger partial charge in [0.1, 0.15) is 0 Å². The number of nitrogens with one attached hydrogen (secondary N) is 1. The highest BCUT2D eigenvalue weighted by atomic mass is 35.5. The number of nitrogens with zero attached hydrogens (tertiary/aromatic N) is 1. The summed E-state index contributed by atoms with van der Waals surface area (Å²) in [6.45, 7) is 6.02. The van der Waals surface area contributed by atoms with Crippen LogP contribution in [-0.2, 0) is 4.79 Å². The third-order valence-electron chi connectivity index (χ3n) is 4.16. The molecule has 6 nitrogen and oxygen atoms in total. The molecule has 0 unspecified atom stereocenters. The maximum absolute atomic E-state index is 12.7. The average Bonchev–Trinajstić information content (AvgIpc) is 2.65. The van der Waals surface area contributed by atoms with Gasteiger partial charge in [-0.1, -0.05) is 23.7 Å². The molecule has 0 bridgehead atoms. The van der Waals surface area contributed by atoms with Crippen molar-refractivity contribution in [1.82, 2.24) is 4.90 Å². The summed E-state index contributed by atoms with van der Waals surface area (Å²) in [7, 11) is 3.03. The molecule has 0 radical (unpaired) electrons. The van der Waals surface area contributed by atoms with Crippen LogP contribution in [0.15, 0.2) is 30.3 Å². The second-order valence-corrected chi connectivity index (χ2v) is 6.86. The largest absolute Gasteiger partial charge is 0.493 e. The van der Waals surface area contributed by atoms with Crippen LogP contribution in [0.5, 0.6) is 11.5 Å². The molecule has 1 N–H and O–H groups in total. The van der Waals surface area contributed by atoms with Gasteiger partial charge < -0.3 is 19.7 Å². The number of carbonyl (C=O) groups is 2. The summed E-state index contributed by atoms with van der Waals surface area (Å²) in [5.41, 5.74) is 3.04. The van der Waals surface area contributed by atoms with Crippen LogP contribution in [-0.4, -0.2) is 44.0 Å². The van der Waals surface area contributed by atoms with Gasteiger partial charge >= 0.3 is 0 Å². The van der Waals surface area contributed by atoms with Gasteiger partial charge in [0.05, 0.1) is 25.3 Å². The molecule has 0 aliphatic rings. The summed E-state index contributed by atoms with van der Waals surface area (Å²) in [4.78, 5) is 26.4. The van der Waals surface area contributed by atoms with Gasteiger partial charge in [-0.05, 0) is 50.1 Å². The summed E-state index contributed by atoms with van der Waals surface area (Å²) in [5.74, 6) is 0.123. The van der Waals surface area contributed by atoms with E-state index in [-0.39, 0.29) is 23.4 Å². The highest BCUT2D eigenvalue weighted by Gasteiger charge is 2.20. The Morgan fingerprint density at radius 1 is 1.18 bits per heavy atom. The Labute approximate surface area is 170 Å². The first-order valence-corrected chi connectivity index (χ1v) is 9.27. The number of hydrogen-bond donors (Lipinski definition) is 1. The van der Waals surface area contributed by atoms with E-state index in [0.29, 0.717) is 23.7 Å². The van der Waals surface area contributed by atoms with E-state index in [4.69, 9.17) is 21.1 Å². The fraction of sp³-hybridized carbons (Fsp3) is 0.333. The highest BCUT2D eigenvalue weighted by molar-refractivity contribution is 6.32. The van der Waals surface area contributed by atoms with Crippen molar-refractivity contribution in [3.63, 3.8) is 0 Å². The van der Waals surface area contributed by atoms with Crippen LogP contribution < -0.4 is 14.8 Å². The fourth-order valence-electron chi connectivity index (χ4n) is 2.70. The second-order valence-electron chi connectivity index (χ2n) is 6.45. The van der Waals surface area contributed by atoms with Gasteiger partial charge in [0, 0.05) is 18.3 Å². The van der Waals surface area contributed by atoms with Gasteiger partial charge in [0.15, 0.2) is 11.5 Å². The van der Waals surface area contributed by atoms with E-state index in [1.165, 1.54) is 18.1 Å². The topological polar surface area (TPSA) is 67.9 Å². The van der Waals surface area contributed by atoms with Crippen molar-refractivity contribution >= 4 is 29.1 Å². The Balaban J connectivity index is 2.12. The third-order valence-corrected chi connectivity index (χ3v) is 4.44. The maximum atomic E-state index is 12.7. The molecule has 2 aromatic carbocycles. The van der Waals surface area contributed by atoms with E-state index >= 15 is 0 Å². The Bertz CT molecular complexity index is 883. The molecule has 0 aliphatic heterocycles. The molecular formula is C21H25ClN2O4. The number of rotatable bonds is 7. The number of likely N-dealkylation sites (N-methyl/N-ethyl adjacent to an activating group) is 1. The van der Waals surface area contributed by atoms with Crippen LogP contribution in [0.2, 0.25) is 5.02 Å². The van der Waals surface area contributed by atoms with Crippen LogP contribution >= 0.6 is 11.6 Å². The van der Waals surface area contributed by atoms with Crippen molar-refractivity contribution < 1.29 is 19.1 Å². The Morgan fingerprint density at radius 2 is 1.89 bits per heavy atom. The van der Waals surface area contributed by atoms with Crippen molar-refractivity contribution in [2.24, 2.45) is 0 Å². The molecule has 0 saturated heterocycles. The van der Waals surface area contributed by atoms with Crippen LogP contribution in [0.3, 0.4) is 0 Å².